The van der Waals surface area contributed by atoms with Crippen LogP contribution in [-0.2, 0) is 4.74 Å². The molecule has 0 radical (unpaired) electrons. The van der Waals surface area contributed by atoms with Crippen molar-refractivity contribution in [3.8, 4) is 0 Å². The summed E-state index contributed by atoms with van der Waals surface area (Å²) in [5.41, 5.74) is 0.537. The minimum absolute atomic E-state index is 0.210. The molecule has 2 fully saturated rings. The molecule has 124 valence electrons. The van der Waals surface area contributed by atoms with Gasteiger partial charge in [-0.25, -0.2) is 9.98 Å². The number of ether oxygens (including phenoxy) is 1. The van der Waals surface area contributed by atoms with Crippen LogP contribution in [0.1, 0.15) is 0 Å². The van der Waals surface area contributed by atoms with E-state index in [4.69, 9.17) is 32.9 Å². The zero-order valence-electron chi connectivity index (χ0n) is 12.8. The molecule has 0 aliphatic carbocycles. The molecular formula is C15H18Cl2N4OS. The third kappa shape index (κ3) is 4.19. The van der Waals surface area contributed by atoms with Crippen molar-refractivity contribution in [1.29, 1.82) is 0 Å². The maximum absolute atomic E-state index is 6.25. The lowest BCUT2D eigenvalue weighted by Crippen LogP contribution is -2.43. The van der Waals surface area contributed by atoms with E-state index in [0.29, 0.717) is 34.7 Å². The van der Waals surface area contributed by atoms with Gasteiger partial charge in [0.25, 0.3) is 0 Å². The van der Waals surface area contributed by atoms with Crippen LogP contribution in [0.5, 0.6) is 0 Å². The summed E-state index contributed by atoms with van der Waals surface area (Å²) < 4.78 is 5.82. The summed E-state index contributed by atoms with van der Waals surface area (Å²) >= 11 is 14.2. The van der Waals surface area contributed by atoms with E-state index < -0.39 is 0 Å². The Bertz CT molecular complexity index is 612. The summed E-state index contributed by atoms with van der Waals surface area (Å²) in [6, 6.07) is 5.34. The monoisotopic (exact) mass is 372 g/mol. The van der Waals surface area contributed by atoms with Gasteiger partial charge in [-0.3, -0.25) is 0 Å². The lowest BCUT2D eigenvalue weighted by molar-refractivity contribution is 0.0705. The van der Waals surface area contributed by atoms with E-state index in [1.54, 1.807) is 30.0 Å². The van der Waals surface area contributed by atoms with E-state index in [1.165, 1.54) is 0 Å². The molecule has 2 saturated heterocycles. The summed E-state index contributed by atoms with van der Waals surface area (Å²) in [5.74, 6) is 1.63. The van der Waals surface area contributed by atoms with E-state index in [9.17, 15) is 0 Å². The predicted octanol–water partition coefficient (Wildman–Crippen LogP) is 3.05. The average Bonchev–Trinajstić information content (AvgIpc) is 2.96. The number of morpholine rings is 1. The Morgan fingerprint density at radius 2 is 2.17 bits per heavy atom. The molecule has 0 amide bonds. The van der Waals surface area contributed by atoms with Gasteiger partial charge in [0.1, 0.15) is 11.8 Å². The van der Waals surface area contributed by atoms with Crippen LogP contribution in [0.25, 0.3) is 0 Å². The van der Waals surface area contributed by atoms with Crippen LogP contribution < -0.4 is 5.32 Å². The van der Waals surface area contributed by atoms with Gasteiger partial charge in [0.2, 0.25) is 0 Å². The molecule has 1 atom stereocenters. The van der Waals surface area contributed by atoms with Crippen LogP contribution in [0, 0.1) is 0 Å². The fourth-order valence-corrected chi connectivity index (χ4v) is 3.81. The Balaban J connectivity index is 1.98. The summed E-state index contributed by atoms with van der Waals surface area (Å²) in [6.07, 6.45) is -0.210. The van der Waals surface area contributed by atoms with Crippen LogP contribution in [0.2, 0.25) is 10.0 Å². The number of rotatable bonds is 2. The zero-order chi connectivity index (χ0) is 16.2. The highest BCUT2D eigenvalue weighted by Crippen LogP contribution is 2.33. The minimum atomic E-state index is -0.210. The lowest BCUT2D eigenvalue weighted by Gasteiger charge is -2.24. The van der Waals surface area contributed by atoms with Crippen LogP contribution >= 0.6 is 35.0 Å². The molecule has 0 spiro atoms. The van der Waals surface area contributed by atoms with E-state index in [-0.39, 0.29) is 6.10 Å². The normalized spacial score (nSPS) is 24.5. The van der Waals surface area contributed by atoms with Gasteiger partial charge in [0, 0.05) is 32.4 Å². The Labute approximate surface area is 150 Å². The van der Waals surface area contributed by atoms with Crippen molar-refractivity contribution in [3.05, 3.63) is 28.2 Å². The molecule has 2 aliphatic rings. The second-order valence-electron chi connectivity index (χ2n) is 5.27. The van der Waals surface area contributed by atoms with Gasteiger partial charge in [-0.15, -0.1) is 0 Å². The zero-order valence-corrected chi connectivity index (χ0v) is 15.1. The third-order valence-corrected chi connectivity index (χ3v) is 5.23. The number of para-hydroxylation sites is 1. The highest BCUT2D eigenvalue weighted by Gasteiger charge is 2.24. The van der Waals surface area contributed by atoms with Crippen LogP contribution in [0.3, 0.4) is 0 Å². The smallest absolute Gasteiger partial charge is 0.165 e. The quantitative estimate of drug-likeness (QED) is 0.640. The number of nitrogens with one attached hydrogen (secondary N) is 1. The maximum atomic E-state index is 6.25. The van der Waals surface area contributed by atoms with Gasteiger partial charge in [-0.2, -0.15) is 0 Å². The van der Waals surface area contributed by atoms with Gasteiger partial charge < -0.3 is 15.0 Å². The molecule has 1 aromatic rings. The molecule has 0 aromatic heterocycles. The van der Waals surface area contributed by atoms with Crippen molar-refractivity contribution >= 4 is 51.7 Å². The molecule has 23 heavy (non-hydrogen) atoms. The molecule has 2 aliphatic heterocycles. The van der Waals surface area contributed by atoms with Crippen molar-refractivity contribution in [1.82, 2.24) is 10.2 Å². The Morgan fingerprint density at radius 3 is 2.78 bits per heavy atom. The fourth-order valence-electron chi connectivity index (χ4n) is 2.31. The van der Waals surface area contributed by atoms with Gasteiger partial charge >= 0.3 is 0 Å². The van der Waals surface area contributed by atoms with Crippen molar-refractivity contribution in [2.75, 3.05) is 39.0 Å². The molecule has 1 aromatic carbocycles. The maximum Gasteiger partial charge on any atom is 0.165 e. The SMILES string of the molecule is CN1CCS/C1=N\C(=N/c1c(Cl)cccc1Cl)C1CNCCO1. The van der Waals surface area contributed by atoms with E-state index >= 15 is 0 Å². The van der Waals surface area contributed by atoms with Crippen molar-refractivity contribution in [3.63, 3.8) is 0 Å². The van der Waals surface area contributed by atoms with Crippen molar-refractivity contribution < 1.29 is 4.74 Å². The first-order valence-electron chi connectivity index (χ1n) is 7.42. The Morgan fingerprint density at radius 1 is 1.39 bits per heavy atom. The second kappa shape index (κ2) is 7.85. The summed E-state index contributed by atoms with van der Waals surface area (Å²) in [7, 11) is 2.03. The van der Waals surface area contributed by atoms with Crippen LogP contribution in [0.4, 0.5) is 5.69 Å². The molecule has 3 rings (SSSR count). The van der Waals surface area contributed by atoms with E-state index in [2.05, 4.69) is 15.2 Å². The van der Waals surface area contributed by atoms with Crippen LogP contribution in [-0.4, -0.2) is 61.0 Å². The summed E-state index contributed by atoms with van der Waals surface area (Å²) in [5, 5.41) is 5.26. The molecule has 1 unspecified atom stereocenters. The number of halogens is 2. The predicted molar refractivity (Wildman–Crippen MR) is 98.7 cm³/mol. The number of thioether (sulfide) groups is 1. The first-order chi connectivity index (χ1) is 11.1. The van der Waals surface area contributed by atoms with E-state index in [1.807, 2.05) is 7.05 Å². The fraction of sp³-hybridized carbons (Fsp3) is 0.467. The molecule has 1 N–H and O–H groups in total. The molecule has 0 bridgehead atoms. The molecule has 8 heteroatoms. The minimum Gasteiger partial charge on any atom is -0.368 e. The average molecular weight is 373 g/mol. The first-order valence-corrected chi connectivity index (χ1v) is 9.17. The lowest BCUT2D eigenvalue weighted by atomic mass is 10.2. The van der Waals surface area contributed by atoms with Crippen molar-refractivity contribution in [2.24, 2.45) is 9.98 Å². The highest BCUT2D eigenvalue weighted by molar-refractivity contribution is 8.14. The van der Waals surface area contributed by atoms with Gasteiger partial charge in [0.05, 0.1) is 16.7 Å². The first kappa shape index (κ1) is 17.0. The number of amidine groups is 2. The third-order valence-electron chi connectivity index (χ3n) is 3.57. The van der Waals surface area contributed by atoms with E-state index in [0.717, 1.165) is 24.0 Å². The number of hydrogen-bond donors (Lipinski definition) is 1. The summed E-state index contributed by atoms with van der Waals surface area (Å²) in [6.45, 7) is 3.12. The molecular weight excluding hydrogens is 355 g/mol. The van der Waals surface area contributed by atoms with Crippen molar-refractivity contribution in [2.45, 2.75) is 6.10 Å². The Kier molecular flexibility index (Phi) is 5.82. The van der Waals surface area contributed by atoms with Gasteiger partial charge in [-0.05, 0) is 12.1 Å². The topological polar surface area (TPSA) is 49.2 Å². The Hall–Kier alpha value is -0.790. The number of hydrogen-bond acceptors (Lipinski definition) is 4. The second-order valence-corrected chi connectivity index (χ2v) is 7.14. The summed E-state index contributed by atoms with van der Waals surface area (Å²) in [4.78, 5) is 11.5. The number of nitrogens with zero attached hydrogens (tertiary/aromatic N) is 3. The molecule has 0 saturated carbocycles. The highest BCUT2D eigenvalue weighted by atomic mass is 35.5. The molecule has 2 heterocycles. The number of benzene rings is 1. The van der Waals surface area contributed by atoms with Gasteiger partial charge in [-0.1, -0.05) is 41.0 Å². The number of aliphatic imine (C=N–C) groups is 2. The standard InChI is InChI=1S/C15H18Cl2N4OS/c1-21-6-8-23-15(21)20-14(12-9-18-5-7-22-12)19-13-10(16)3-2-4-11(13)17/h2-4,12,18H,5-9H2,1H3/b19-14-,20-15-. The largest absolute Gasteiger partial charge is 0.368 e. The van der Waals surface area contributed by atoms with Gasteiger partial charge in [0.15, 0.2) is 11.0 Å². The molecule has 5 nitrogen and oxygen atoms in total. The van der Waals surface area contributed by atoms with Crippen LogP contribution in [0.15, 0.2) is 28.2 Å².